The van der Waals surface area contributed by atoms with Crippen LogP contribution in [0.4, 0.5) is 0 Å². The summed E-state index contributed by atoms with van der Waals surface area (Å²) < 4.78 is 11.4. The van der Waals surface area contributed by atoms with E-state index in [0.29, 0.717) is 18.0 Å². The van der Waals surface area contributed by atoms with Crippen LogP contribution in [-0.2, 0) is 13.1 Å². The lowest BCUT2D eigenvalue weighted by Gasteiger charge is -2.28. The van der Waals surface area contributed by atoms with Crippen molar-refractivity contribution < 1.29 is 14.6 Å². The largest absolute Gasteiger partial charge is 0.493 e. The molecule has 6 nitrogen and oxygen atoms in total. The zero-order valence-corrected chi connectivity index (χ0v) is 18.1. The fourth-order valence-electron chi connectivity index (χ4n) is 3.42. The molecule has 1 aromatic carbocycles. The van der Waals surface area contributed by atoms with Crippen LogP contribution in [0.3, 0.4) is 0 Å². The van der Waals surface area contributed by atoms with E-state index < -0.39 is 6.10 Å². The van der Waals surface area contributed by atoms with Gasteiger partial charge in [-0.05, 0) is 36.4 Å². The van der Waals surface area contributed by atoms with Crippen LogP contribution in [0, 0.1) is 0 Å². The van der Waals surface area contributed by atoms with Crippen molar-refractivity contribution in [1.82, 2.24) is 14.8 Å². The van der Waals surface area contributed by atoms with Gasteiger partial charge >= 0.3 is 0 Å². The maximum atomic E-state index is 10.3. The fourth-order valence-corrected chi connectivity index (χ4v) is 4.40. The predicted octanol–water partition coefficient (Wildman–Crippen LogP) is 2.51. The van der Waals surface area contributed by atoms with Crippen LogP contribution in [0.15, 0.2) is 42.7 Å². The van der Waals surface area contributed by atoms with Gasteiger partial charge in [-0.15, -0.1) is 0 Å². The van der Waals surface area contributed by atoms with Crippen molar-refractivity contribution in [3.63, 3.8) is 0 Å². The molecule has 7 heteroatoms. The van der Waals surface area contributed by atoms with E-state index in [1.54, 1.807) is 13.3 Å². The van der Waals surface area contributed by atoms with Crippen molar-refractivity contribution in [2.24, 2.45) is 0 Å². The van der Waals surface area contributed by atoms with Gasteiger partial charge in [-0.25, -0.2) is 0 Å². The monoisotopic (exact) mass is 417 g/mol. The second-order valence-corrected chi connectivity index (χ2v) is 8.62. The first-order valence-electron chi connectivity index (χ1n) is 9.99. The van der Waals surface area contributed by atoms with Crippen molar-refractivity contribution in [2.75, 3.05) is 51.9 Å². The number of pyridine rings is 1. The molecule has 1 atom stereocenters. The summed E-state index contributed by atoms with van der Waals surface area (Å²) in [5.41, 5.74) is 2.33. The molecule has 0 saturated carbocycles. The zero-order chi connectivity index (χ0) is 20.5. The minimum Gasteiger partial charge on any atom is -0.493 e. The molecule has 1 aliphatic heterocycles. The molecule has 0 radical (unpaired) electrons. The first-order valence-corrected chi connectivity index (χ1v) is 11.1. The number of ether oxygens (including phenoxy) is 2. The quantitative estimate of drug-likeness (QED) is 0.637. The average molecular weight is 418 g/mol. The van der Waals surface area contributed by atoms with Gasteiger partial charge in [-0.3, -0.25) is 14.8 Å². The minimum atomic E-state index is -0.506. The number of aliphatic hydroxyl groups is 1. The number of nitrogens with zero attached hydrogens (tertiary/aromatic N) is 3. The highest BCUT2D eigenvalue weighted by Crippen LogP contribution is 2.29. The number of benzene rings is 1. The summed E-state index contributed by atoms with van der Waals surface area (Å²) in [5, 5.41) is 10.3. The molecule has 1 fully saturated rings. The Morgan fingerprint density at radius 1 is 1.17 bits per heavy atom. The van der Waals surface area contributed by atoms with E-state index in [9.17, 15) is 5.11 Å². The molecule has 2 heterocycles. The second-order valence-electron chi connectivity index (χ2n) is 7.40. The predicted molar refractivity (Wildman–Crippen MR) is 118 cm³/mol. The van der Waals surface area contributed by atoms with E-state index >= 15 is 0 Å². The highest BCUT2D eigenvalue weighted by molar-refractivity contribution is 7.99. The number of hydrogen-bond donors (Lipinski definition) is 1. The maximum absolute atomic E-state index is 10.3. The van der Waals surface area contributed by atoms with E-state index in [2.05, 4.69) is 27.9 Å². The fraction of sp³-hybridized carbons (Fsp3) is 0.500. The van der Waals surface area contributed by atoms with Gasteiger partial charge in [0.15, 0.2) is 11.5 Å². The SMILES string of the molecule is COc1cc(CN(C)Cc2cccnc2)ccc1OC[C@H](O)CN1CCSCC1. The third-order valence-electron chi connectivity index (χ3n) is 4.86. The number of β-amino-alcohol motifs (C(OH)–C–C–N with tert-alkyl or cyclic N) is 1. The Kier molecular flexibility index (Phi) is 8.61. The molecule has 1 aliphatic rings. The number of methoxy groups -OCH3 is 1. The molecular weight excluding hydrogens is 386 g/mol. The van der Waals surface area contributed by atoms with Crippen molar-refractivity contribution in [1.29, 1.82) is 0 Å². The highest BCUT2D eigenvalue weighted by Gasteiger charge is 2.16. The molecule has 0 spiro atoms. The summed E-state index contributed by atoms with van der Waals surface area (Å²) in [7, 11) is 3.73. The second kappa shape index (κ2) is 11.4. The molecule has 0 unspecified atom stereocenters. The van der Waals surface area contributed by atoms with Gasteiger partial charge in [0.05, 0.1) is 7.11 Å². The summed E-state index contributed by atoms with van der Waals surface area (Å²) >= 11 is 1.97. The minimum absolute atomic E-state index is 0.264. The smallest absolute Gasteiger partial charge is 0.161 e. The van der Waals surface area contributed by atoms with E-state index in [-0.39, 0.29) is 6.61 Å². The number of aliphatic hydroxyl groups excluding tert-OH is 1. The number of hydrogen-bond acceptors (Lipinski definition) is 7. The molecular formula is C22H31N3O3S. The maximum Gasteiger partial charge on any atom is 0.161 e. The van der Waals surface area contributed by atoms with Crippen molar-refractivity contribution in [3.05, 3.63) is 53.9 Å². The van der Waals surface area contributed by atoms with Crippen LogP contribution >= 0.6 is 11.8 Å². The van der Waals surface area contributed by atoms with E-state index in [1.165, 1.54) is 5.56 Å². The van der Waals surface area contributed by atoms with Crippen molar-refractivity contribution in [3.8, 4) is 11.5 Å². The van der Waals surface area contributed by atoms with Gasteiger partial charge in [0.2, 0.25) is 0 Å². The standard InChI is InChI=1S/C22H31N3O3S/c1-24(15-19-4-3-7-23-13-19)14-18-5-6-21(22(12-18)27-2)28-17-20(26)16-25-8-10-29-11-9-25/h3-7,12-13,20,26H,8-11,14-17H2,1-2H3/t20-/m1/s1. The lowest BCUT2D eigenvalue weighted by molar-refractivity contribution is 0.0704. The van der Waals surface area contributed by atoms with Gasteiger partial charge in [-0.2, -0.15) is 11.8 Å². The van der Waals surface area contributed by atoms with Gasteiger partial charge in [0.25, 0.3) is 0 Å². The Morgan fingerprint density at radius 2 is 1.97 bits per heavy atom. The zero-order valence-electron chi connectivity index (χ0n) is 17.3. The highest BCUT2D eigenvalue weighted by atomic mass is 32.2. The first kappa shape index (κ1) is 21.9. The summed E-state index contributed by atoms with van der Waals surface area (Å²) in [6.07, 6.45) is 3.17. The molecule has 0 aliphatic carbocycles. The Bertz CT molecular complexity index is 741. The molecule has 1 saturated heterocycles. The van der Waals surface area contributed by atoms with Crippen molar-refractivity contribution in [2.45, 2.75) is 19.2 Å². The van der Waals surface area contributed by atoms with Gasteiger partial charge < -0.3 is 14.6 Å². The van der Waals surface area contributed by atoms with Gasteiger partial charge in [-0.1, -0.05) is 12.1 Å². The third kappa shape index (κ3) is 7.19. The topological polar surface area (TPSA) is 58.1 Å². The number of aromatic nitrogens is 1. The molecule has 1 N–H and O–H groups in total. The summed E-state index contributed by atoms with van der Waals surface area (Å²) in [6, 6.07) is 10.0. The molecule has 0 bridgehead atoms. The molecule has 3 rings (SSSR count). The Hall–Kier alpha value is -1.80. The first-order chi connectivity index (χ1) is 14.1. The third-order valence-corrected chi connectivity index (χ3v) is 5.80. The number of thioether (sulfide) groups is 1. The average Bonchev–Trinajstić information content (AvgIpc) is 2.74. The Balaban J connectivity index is 1.51. The van der Waals surface area contributed by atoms with Crippen LogP contribution in [0.2, 0.25) is 0 Å². The molecule has 0 amide bonds. The van der Waals surface area contributed by atoms with Crippen LogP contribution in [0.5, 0.6) is 11.5 Å². The van der Waals surface area contributed by atoms with E-state index in [1.807, 2.05) is 42.2 Å². The summed E-state index contributed by atoms with van der Waals surface area (Å²) in [4.78, 5) is 8.69. The van der Waals surface area contributed by atoms with Crippen LogP contribution in [-0.4, -0.2) is 77.9 Å². The van der Waals surface area contributed by atoms with Gasteiger partial charge in [0, 0.05) is 56.6 Å². The lowest BCUT2D eigenvalue weighted by Crippen LogP contribution is -2.40. The summed E-state index contributed by atoms with van der Waals surface area (Å²) in [5.74, 6) is 3.63. The lowest BCUT2D eigenvalue weighted by atomic mass is 10.1. The Labute approximate surface area is 177 Å². The van der Waals surface area contributed by atoms with Crippen LogP contribution in [0.1, 0.15) is 11.1 Å². The summed E-state index contributed by atoms with van der Waals surface area (Å²) in [6.45, 7) is 4.61. The molecule has 158 valence electrons. The number of rotatable bonds is 10. The van der Waals surface area contributed by atoms with E-state index in [0.717, 1.165) is 43.2 Å². The molecule has 1 aromatic heterocycles. The molecule has 29 heavy (non-hydrogen) atoms. The van der Waals surface area contributed by atoms with Crippen molar-refractivity contribution >= 4 is 11.8 Å². The Morgan fingerprint density at radius 3 is 2.69 bits per heavy atom. The van der Waals surface area contributed by atoms with Gasteiger partial charge in [0.1, 0.15) is 12.7 Å². The normalized spacial score (nSPS) is 16.0. The van der Waals surface area contributed by atoms with Crippen LogP contribution < -0.4 is 9.47 Å². The van der Waals surface area contributed by atoms with Crippen LogP contribution in [0.25, 0.3) is 0 Å². The molecule has 2 aromatic rings. The van der Waals surface area contributed by atoms with E-state index in [4.69, 9.17) is 9.47 Å².